The number of carbonyl (C=O) groups is 1. The lowest BCUT2D eigenvalue weighted by atomic mass is 10.1. The van der Waals surface area contributed by atoms with Crippen LogP contribution in [0.25, 0.3) is 10.4 Å². The van der Waals surface area contributed by atoms with Gasteiger partial charge in [0.25, 0.3) is 0 Å². The zero-order valence-corrected chi connectivity index (χ0v) is 10.0. The number of halogens is 1. The fraction of sp³-hybridized carbons (Fsp3) is 0.0909. The molecule has 16 heavy (non-hydrogen) atoms. The molecule has 0 aliphatic rings. The number of rotatable bonds is 2. The highest BCUT2D eigenvalue weighted by Crippen LogP contribution is 2.29. The second kappa shape index (κ2) is 4.63. The van der Waals surface area contributed by atoms with Gasteiger partial charge in [-0.05, 0) is 17.7 Å². The fourth-order valence-electron chi connectivity index (χ4n) is 1.32. The normalized spacial score (nSPS) is 10.1. The fourth-order valence-corrected chi connectivity index (χ4v) is 2.29. The SMILES string of the molecule is COC(=O)c1ncsc1-c1cccc(Cl)c1. The maximum absolute atomic E-state index is 11.4. The molecule has 0 bridgehead atoms. The van der Waals surface area contributed by atoms with Crippen LogP contribution in [0.5, 0.6) is 0 Å². The molecule has 0 aliphatic heterocycles. The number of ether oxygens (including phenoxy) is 1. The highest BCUT2D eigenvalue weighted by Gasteiger charge is 2.16. The lowest BCUT2D eigenvalue weighted by molar-refractivity contribution is 0.0596. The van der Waals surface area contributed by atoms with Crippen LogP contribution in [0.2, 0.25) is 5.02 Å². The lowest BCUT2D eigenvalue weighted by Crippen LogP contribution is -2.02. The van der Waals surface area contributed by atoms with E-state index in [0.717, 1.165) is 10.4 Å². The number of hydrogen-bond acceptors (Lipinski definition) is 4. The first-order valence-corrected chi connectivity index (χ1v) is 5.76. The molecule has 0 radical (unpaired) electrons. The van der Waals surface area contributed by atoms with E-state index >= 15 is 0 Å². The van der Waals surface area contributed by atoms with Crippen molar-refractivity contribution in [2.24, 2.45) is 0 Å². The lowest BCUT2D eigenvalue weighted by Gasteiger charge is -2.01. The molecule has 0 unspecified atom stereocenters. The first-order chi connectivity index (χ1) is 7.72. The molecule has 0 amide bonds. The number of thiazole rings is 1. The first kappa shape index (κ1) is 11.1. The van der Waals surface area contributed by atoms with Gasteiger partial charge in [-0.25, -0.2) is 9.78 Å². The van der Waals surface area contributed by atoms with Crippen LogP contribution in [-0.4, -0.2) is 18.1 Å². The van der Waals surface area contributed by atoms with Crippen molar-refractivity contribution < 1.29 is 9.53 Å². The van der Waals surface area contributed by atoms with E-state index in [1.807, 2.05) is 12.1 Å². The molecule has 82 valence electrons. The number of hydrogen-bond donors (Lipinski definition) is 0. The maximum Gasteiger partial charge on any atom is 0.358 e. The Hall–Kier alpha value is -1.39. The first-order valence-electron chi connectivity index (χ1n) is 4.50. The van der Waals surface area contributed by atoms with Gasteiger partial charge in [0.1, 0.15) is 0 Å². The Kier molecular flexibility index (Phi) is 3.22. The third kappa shape index (κ3) is 2.08. The molecule has 0 spiro atoms. The zero-order chi connectivity index (χ0) is 11.5. The van der Waals surface area contributed by atoms with Crippen LogP contribution in [0.15, 0.2) is 29.8 Å². The van der Waals surface area contributed by atoms with Gasteiger partial charge in [-0.2, -0.15) is 0 Å². The summed E-state index contributed by atoms with van der Waals surface area (Å²) >= 11 is 7.28. The predicted octanol–water partition coefficient (Wildman–Crippen LogP) is 3.25. The maximum atomic E-state index is 11.4. The van der Waals surface area contributed by atoms with Crippen LogP contribution in [0, 0.1) is 0 Å². The van der Waals surface area contributed by atoms with Gasteiger partial charge in [0.15, 0.2) is 5.69 Å². The van der Waals surface area contributed by atoms with Gasteiger partial charge in [0, 0.05) is 5.02 Å². The highest BCUT2D eigenvalue weighted by atomic mass is 35.5. The third-order valence-corrected chi connectivity index (χ3v) is 3.14. The van der Waals surface area contributed by atoms with Gasteiger partial charge in [0.2, 0.25) is 0 Å². The number of benzene rings is 1. The summed E-state index contributed by atoms with van der Waals surface area (Å²) in [6.07, 6.45) is 0. The van der Waals surface area contributed by atoms with E-state index in [9.17, 15) is 4.79 Å². The molecule has 0 saturated carbocycles. The number of esters is 1. The van der Waals surface area contributed by atoms with Gasteiger partial charge in [-0.3, -0.25) is 0 Å². The number of nitrogens with zero attached hydrogens (tertiary/aromatic N) is 1. The Balaban J connectivity index is 2.48. The number of aromatic nitrogens is 1. The largest absolute Gasteiger partial charge is 0.464 e. The molecule has 0 saturated heterocycles. The van der Waals surface area contributed by atoms with Gasteiger partial charge < -0.3 is 4.74 Å². The van der Waals surface area contributed by atoms with Crippen LogP contribution in [-0.2, 0) is 4.74 Å². The molecule has 1 aromatic carbocycles. The molecule has 2 rings (SSSR count). The quantitative estimate of drug-likeness (QED) is 0.772. The van der Waals surface area contributed by atoms with Crippen molar-refractivity contribution in [3.05, 3.63) is 40.5 Å². The summed E-state index contributed by atoms with van der Waals surface area (Å²) in [5, 5.41) is 0.627. The molecule has 1 aromatic heterocycles. The van der Waals surface area contributed by atoms with E-state index in [1.165, 1.54) is 18.4 Å². The summed E-state index contributed by atoms with van der Waals surface area (Å²) in [5.41, 5.74) is 2.81. The van der Waals surface area contributed by atoms with Crippen LogP contribution < -0.4 is 0 Å². The molecule has 1 heterocycles. The van der Waals surface area contributed by atoms with E-state index < -0.39 is 5.97 Å². The summed E-state index contributed by atoms with van der Waals surface area (Å²) in [7, 11) is 1.34. The van der Waals surface area contributed by atoms with Crippen molar-refractivity contribution in [1.82, 2.24) is 4.98 Å². The minimum absolute atomic E-state index is 0.328. The van der Waals surface area contributed by atoms with Crippen molar-refractivity contribution in [3.8, 4) is 10.4 Å². The average Bonchev–Trinajstić information content (AvgIpc) is 2.77. The summed E-state index contributed by atoms with van der Waals surface area (Å²) in [5.74, 6) is -0.434. The molecule has 0 N–H and O–H groups in total. The molecule has 0 atom stereocenters. The predicted molar refractivity (Wildman–Crippen MR) is 63.9 cm³/mol. The molecule has 2 aromatic rings. The molecule has 3 nitrogen and oxygen atoms in total. The Bertz CT molecular complexity index is 524. The van der Waals surface area contributed by atoms with Crippen molar-refractivity contribution >= 4 is 28.9 Å². The van der Waals surface area contributed by atoms with E-state index in [2.05, 4.69) is 9.72 Å². The Morgan fingerprint density at radius 3 is 3.00 bits per heavy atom. The van der Waals surface area contributed by atoms with E-state index in [1.54, 1.807) is 17.6 Å². The average molecular weight is 254 g/mol. The Labute approximate surface area is 102 Å². The van der Waals surface area contributed by atoms with Crippen molar-refractivity contribution in [3.63, 3.8) is 0 Å². The Morgan fingerprint density at radius 1 is 1.50 bits per heavy atom. The molecular weight excluding hydrogens is 246 g/mol. The van der Waals surface area contributed by atoms with Crippen molar-refractivity contribution in [2.45, 2.75) is 0 Å². The van der Waals surface area contributed by atoms with E-state index in [-0.39, 0.29) is 0 Å². The topological polar surface area (TPSA) is 39.2 Å². The zero-order valence-electron chi connectivity index (χ0n) is 8.44. The van der Waals surface area contributed by atoms with Crippen LogP contribution in [0.4, 0.5) is 0 Å². The summed E-state index contributed by atoms with van der Waals surface area (Å²) < 4.78 is 4.66. The van der Waals surface area contributed by atoms with Gasteiger partial charge >= 0.3 is 5.97 Å². The van der Waals surface area contributed by atoms with Crippen molar-refractivity contribution in [2.75, 3.05) is 7.11 Å². The van der Waals surface area contributed by atoms with Crippen LogP contribution in [0.1, 0.15) is 10.5 Å². The highest BCUT2D eigenvalue weighted by molar-refractivity contribution is 7.13. The van der Waals surface area contributed by atoms with E-state index in [4.69, 9.17) is 11.6 Å². The minimum atomic E-state index is -0.434. The smallest absolute Gasteiger partial charge is 0.358 e. The van der Waals surface area contributed by atoms with Crippen LogP contribution >= 0.6 is 22.9 Å². The van der Waals surface area contributed by atoms with Gasteiger partial charge in [-0.15, -0.1) is 11.3 Å². The molecular formula is C11H8ClNO2S. The number of methoxy groups -OCH3 is 1. The Morgan fingerprint density at radius 2 is 2.31 bits per heavy atom. The molecule has 0 fully saturated rings. The second-order valence-corrected chi connectivity index (χ2v) is 4.32. The van der Waals surface area contributed by atoms with Gasteiger partial charge in [0.05, 0.1) is 17.5 Å². The van der Waals surface area contributed by atoms with E-state index in [0.29, 0.717) is 10.7 Å². The van der Waals surface area contributed by atoms with Gasteiger partial charge in [-0.1, -0.05) is 23.7 Å². The van der Waals surface area contributed by atoms with Crippen molar-refractivity contribution in [1.29, 1.82) is 0 Å². The monoisotopic (exact) mass is 253 g/mol. The second-order valence-electron chi connectivity index (χ2n) is 3.03. The minimum Gasteiger partial charge on any atom is -0.464 e. The standard InChI is InChI=1S/C11H8ClNO2S/c1-15-11(14)9-10(16-6-13-9)7-3-2-4-8(12)5-7/h2-6H,1H3. The van der Waals surface area contributed by atoms with Crippen LogP contribution in [0.3, 0.4) is 0 Å². The molecule has 0 aliphatic carbocycles. The summed E-state index contributed by atoms with van der Waals surface area (Å²) in [6, 6.07) is 7.29. The molecule has 5 heteroatoms. The third-order valence-electron chi connectivity index (χ3n) is 2.03. The summed E-state index contributed by atoms with van der Waals surface area (Å²) in [6.45, 7) is 0. The number of carbonyl (C=O) groups excluding carboxylic acids is 1. The summed E-state index contributed by atoms with van der Waals surface area (Å²) in [4.78, 5) is 16.2.